The Morgan fingerprint density at radius 1 is 1.14 bits per heavy atom. The molecule has 4 heteroatoms. The van der Waals surface area contributed by atoms with Gasteiger partial charge in [-0.2, -0.15) is 0 Å². The van der Waals surface area contributed by atoms with Gasteiger partial charge in [0.25, 0.3) is 0 Å². The standard InChI is InChI=1S/C10H23NO3/c1-10(2,3-5-12)9-11-4-7-14-8-6-13/h11-13H,3-9H2,1-2H3. The zero-order valence-corrected chi connectivity index (χ0v) is 9.25. The van der Waals surface area contributed by atoms with E-state index in [0.29, 0.717) is 13.2 Å². The van der Waals surface area contributed by atoms with Gasteiger partial charge >= 0.3 is 0 Å². The summed E-state index contributed by atoms with van der Waals surface area (Å²) in [5, 5.41) is 20.5. The lowest BCUT2D eigenvalue weighted by atomic mass is 9.90. The topological polar surface area (TPSA) is 61.7 Å². The van der Waals surface area contributed by atoms with Gasteiger partial charge in [0.05, 0.1) is 19.8 Å². The molecule has 0 aliphatic rings. The summed E-state index contributed by atoms with van der Waals surface area (Å²) in [6, 6.07) is 0. The van der Waals surface area contributed by atoms with Crippen molar-refractivity contribution >= 4 is 0 Å². The molecule has 0 spiro atoms. The minimum absolute atomic E-state index is 0.0794. The van der Waals surface area contributed by atoms with E-state index in [9.17, 15) is 0 Å². The molecule has 0 heterocycles. The third-order valence-electron chi connectivity index (χ3n) is 2.05. The van der Waals surface area contributed by atoms with Crippen LogP contribution in [-0.2, 0) is 4.74 Å². The minimum Gasteiger partial charge on any atom is -0.396 e. The molecule has 0 aliphatic heterocycles. The Kier molecular flexibility index (Phi) is 8.08. The van der Waals surface area contributed by atoms with Crippen molar-refractivity contribution in [3.63, 3.8) is 0 Å². The Morgan fingerprint density at radius 2 is 1.86 bits per heavy atom. The summed E-state index contributed by atoms with van der Waals surface area (Å²) < 4.78 is 5.10. The molecule has 14 heavy (non-hydrogen) atoms. The number of ether oxygens (including phenoxy) is 1. The number of nitrogens with one attached hydrogen (secondary N) is 1. The number of aliphatic hydroxyl groups excluding tert-OH is 2. The van der Waals surface area contributed by atoms with Crippen LogP contribution in [-0.4, -0.2) is 49.7 Å². The van der Waals surface area contributed by atoms with Crippen molar-refractivity contribution in [2.75, 3.05) is 39.5 Å². The van der Waals surface area contributed by atoms with Crippen molar-refractivity contribution in [3.8, 4) is 0 Å². The highest BCUT2D eigenvalue weighted by Gasteiger charge is 2.15. The highest BCUT2D eigenvalue weighted by Crippen LogP contribution is 2.17. The summed E-state index contributed by atoms with van der Waals surface area (Å²) in [6.45, 7) is 7.23. The number of hydrogen-bond acceptors (Lipinski definition) is 4. The highest BCUT2D eigenvalue weighted by atomic mass is 16.5. The largest absolute Gasteiger partial charge is 0.396 e. The molecular weight excluding hydrogens is 182 g/mol. The quantitative estimate of drug-likeness (QED) is 0.463. The van der Waals surface area contributed by atoms with Crippen molar-refractivity contribution in [1.82, 2.24) is 5.32 Å². The van der Waals surface area contributed by atoms with E-state index < -0.39 is 0 Å². The van der Waals surface area contributed by atoms with Crippen molar-refractivity contribution in [3.05, 3.63) is 0 Å². The van der Waals surface area contributed by atoms with Gasteiger partial charge in [-0.25, -0.2) is 0 Å². The predicted molar refractivity (Wildman–Crippen MR) is 56.3 cm³/mol. The van der Waals surface area contributed by atoms with E-state index in [1.807, 2.05) is 0 Å². The van der Waals surface area contributed by atoms with E-state index in [2.05, 4.69) is 19.2 Å². The molecule has 0 rings (SSSR count). The van der Waals surface area contributed by atoms with Crippen LogP contribution in [0.5, 0.6) is 0 Å². The zero-order valence-electron chi connectivity index (χ0n) is 9.25. The molecule has 0 aliphatic carbocycles. The molecule has 0 fully saturated rings. The van der Waals surface area contributed by atoms with E-state index in [4.69, 9.17) is 14.9 Å². The average Bonchev–Trinajstić information content (AvgIpc) is 2.11. The second-order valence-corrected chi connectivity index (χ2v) is 4.15. The monoisotopic (exact) mass is 205 g/mol. The predicted octanol–water partition coefficient (Wildman–Crippen LogP) is -0.00650. The maximum absolute atomic E-state index is 8.79. The van der Waals surface area contributed by atoms with Gasteiger partial charge in [-0.3, -0.25) is 0 Å². The van der Waals surface area contributed by atoms with Gasteiger partial charge in [-0.1, -0.05) is 13.8 Å². The average molecular weight is 205 g/mol. The number of rotatable bonds is 9. The minimum atomic E-state index is 0.0794. The Morgan fingerprint density at radius 3 is 2.43 bits per heavy atom. The summed E-state index contributed by atoms with van der Waals surface area (Å²) in [6.07, 6.45) is 0.803. The summed E-state index contributed by atoms with van der Waals surface area (Å²) in [7, 11) is 0. The Labute approximate surface area is 86.3 Å². The van der Waals surface area contributed by atoms with Gasteiger partial charge in [-0.15, -0.1) is 0 Å². The van der Waals surface area contributed by atoms with Gasteiger partial charge < -0.3 is 20.3 Å². The zero-order chi connectivity index (χ0) is 10.9. The normalized spacial score (nSPS) is 12.0. The number of aliphatic hydroxyl groups is 2. The lowest BCUT2D eigenvalue weighted by molar-refractivity contribution is 0.0920. The first kappa shape index (κ1) is 13.8. The summed E-state index contributed by atoms with van der Waals surface area (Å²) >= 11 is 0. The molecular formula is C10H23NO3. The maximum Gasteiger partial charge on any atom is 0.0698 e. The van der Waals surface area contributed by atoms with Crippen LogP contribution in [0.4, 0.5) is 0 Å². The lowest BCUT2D eigenvalue weighted by Gasteiger charge is -2.23. The van der Waals surface area contributed by atoms with Gasteiger partial charge in [0.15, 0.2) is 0 Å². The summed E-state index contributed by atoms with van der Waals surface area (Å²) in [5.74, 6) is 0. The SMILES string of the molecule is CC(C)(CCO)CNCCOCCO. The first-order valence-electron chi connectivity index (χ1n) is 5.12. The van der Waals surface area contributed by atoms with Crippen LogP contribution < -0.4 is 5.32 Å². The van der Waals surface area contributed by atoms with Gasteiger partial charge in [0.1, 0.15) is 0 Å². The molecule has 4 nitrogen and oxygen atoms in total. The first-order valence-corrected chi connectivity index (χ1v) is 5.12. The third kappa shape index (κ3) is 8.44. The fourth-order valence-corrected chi connectivity index (χ4v) is 1.13. The molecule has 0 amide bonds. The smallest absolute Gasteiger partial charge is 0.0698 e. The van der Waals surface area contributed by atoms with Gasteiger partial charge in [0.2, 0.25) is 0 Å². The van der Waals surface area contributed by atoms with E-state index in [1.165, 1.54) is 0 Å². The molecule has 0 unspecified atom stereocenters. The summed E-state index contributed by atoms with van der Waals surface area (Å²) in [4.78, 5) is 0. The van der Waals surface area contributed by atoms with Crippen LogP contribution in [0.3, 0.4) is 0 Å². The van der Waals surface area contributed by atoms with Crippen LogP contribution in [0, 0.1) is 5.41 Å². The second-order valence-electron chi connectivity index (χ2n) is 4.15. The lowest BCUT2D eigenvalue weighted by Crippen LogP contribution is -2.32. The molecule has 0 radical (unpaired) electrons. The van der Waals surface area contributed by atoms with Gasteiger partial charge in [0, 0.05) is 19.7 Å². The Hall–Kier alpha value is -0.160. The van der Waals surface area contributed by atoms with Crippen LogP contribution in [0.15, 0.2) is 0 Å². The molecule has 0 bridgehead atoms. The summed E-state index contributed by atoms with van der Waals surface area (Å²) in [5.41, 5.74) is 0.131. The van der Waals surface area contributed by atoms with Crippen LogP contribution >= 0.6 is 0 Å². The van der Waals surface area contributed by atoms with Crippen molar-refractivity contribution in [1.29, 1.82) is 0 Å². The van der Waals surface area contributed by atoms with E-state index in [0.717, 1.165) is 19.5 Å². The van der Waals surface area contributed by atoms with Crippen molar-refractivity contribution in [2.24, 2.45) is 5.41 Å². The van der Waals surface area contributed by atoms with Gasteiger partial charge in [-0.05, 0) is 11.8 Å². The van der Waals surface area contributed by atoms with Crippen LogP contribution in [0.25, 0.3) is 0 Å². The number of hydrogen-bond donors (Lipinski definition) is 3. The van der Waals surface area contributed by atoms with E-state index in [-0.39, 0.29) is 18.6 Å². The maximum atomic E-state index is 8.79. The van der Waals surface area contributed by atoms with Crippen LogP contribution in [0.2, 0.25) is 0 Å². The molecule has 0 saturated heterocycles. The molecule has 0 aromatic rings. The Balaban J connectivity index is 3.26. The van der Waals surface area contributed by atoms with Crippen LogP contribution in [0.1, 0.15) is 20.3 Å². The molecule has 0 atom stereocenters. The molecule has 86 valence electrons. The fraction of sp³-hybridized carbons (Fsp3) is 1.00. The molecule has 0 aromatic heterocycles. The first-order chi connectivity index (χ1) is 6.62. The van der Waals surface area contributed by atoms with E-state index >= 15 is 0 Å². The Bertz CT molecular complexity index is 129. The molecule has 3 N–H and O–H groups in total. The second kappa shape index (κ2) is 8.17. The molecule has 0 aromatic carbocycles. The van der Waals surface area contributed by atoms with Crippen molar-refractivity contribution < 1.29 is 14.9 Å². The van der Waals surface area contributed by atoms with Crippen molar-refractivity contribution in [2.45, 2.75) is 20.3 Å². The van der Waals surface area contributed by atoms with E-state index in [1.54, 1.807) is 0 Å². The third-order valence-corrected chi connectivity index (χ3v) is 2.05. The molecule has 0 saturated carbocycles. The fourth-order valence-electron chi connectivity index (χ4n) is 1.13. The highest BCUT2D eigenvalue weighted by molar-refractivity contribution is 4.70.